The predicted octanol–water partition coefficient (Wildman–Crippen LogP) is 1.41. The molecule has 1 aliphatic heterocycles. The Morgan fingerprint density at radius 1 is 1.32 bits per heavy atom. The maximum atomic E-state index is 13.5. The van der Waals surface area contributed by atoms with Crippen LogP contribution in [-0.4, -0.2) is 34.9 Å². The zero-order valence-electron chi connectivity index (χ0n) is 15.2. The van der Waals surface area contributed by atoms with E-state index < -0.39 is 29.7 Å². The van der Waals surface area contributed by atoms with Gasteiger partial charge in [0.25, 0.3) is 5.56 Å². The van der Waals surface area contributed by atoms with Crippen LogP contribution in [0.25, 0.3) is 0 Å². The third-order valence-electron chi connectivity index (χ3n) is 4.22. The van der Waals surface area contributed by atoms with Crippen LogP contribution in [0.4, 0.5) is 9.18 Å². The van der Waals surface area contributed by atoms with Crippen molar-refractivity contribution in [2.45, 2.75) is 25.7 Å². The highest BCUT2D eigenvalue weighted by atomic mass is 19.1. The van der Waals surface area contributed by atoms with E-state index in [1.807, 2.05) is 0 Å². The SMILES string of the molecule is Cc1cn(C2C=CC(COC(=O)NCCc3ccccc3F)O2)c(=O)[nH]c1=O. The number of rotatable bonds is 6. The lowest BCUT2D eigenvalue weighted by Crippen LogP contribution is -2.34. The molecule has 2 N–H and O–H groups in total. The summed E-state index contributed by atoms with van der Waals surface area (Å²) in [4.78, 5) is 37.3. The zero-order valence-corrected chi connectivity index (χ0v) is 15.2. The van der Waals surface area contributed by atoms with Crippen LogP contribution in [-0.2, 0) is 15.9 Å². The number of hydrogen-bond acceptors (Lipinski definition) is 5. The van der Waals surface area contributed by atoms with Gasteiger partial charge in [0, 0.05) is 18.3 Å². The molecule has 0 bridgehead atoms. The van der Waals surface area contributed by atoms with Gasteiger partial charge in [-0.1, -0.05) is 24.3 Å². The molecule has 148 valence electrons. The lowest BCUT2D eigenvalue weighted by molar-refractivity contribution is -0.0149. The fourth-order valence-corrected chi connectivity index (χ4v) is 2.73. The topological polar surface area (TPSA) is 102 Å². The van der Waals surface area contributed by atoms with Crippen LogP contribution in [0.3, 0.4) is 0 Å². The molecule has 2 heterocycles. The van der Waals surface area contributed by atoms with Crippen molar-refractivity contribution >= 4 is 6.09 Å². The van der Waals surface area contributed by atoms with Crippen LogP contribution in [0.1, 0.15) is 17.4 Å². The summed E-state index contributed by atoms with van der Waals surface area (Å²) in [5, 5.41) is 2.55. The van der Waals surface area contributed by atoms with Crippen molar-refractivity contribution in [3.8, 4) is 0 Å². The van der Waals surface area contributed by atoms with Crippen molar-refractivity contribution in [2.24, 2.45) is 0 Å². The van der Waals surface area contributed by atoms with Crippen LogP contribution in [0.15, 0.2) is 52.2 Å². The Labute approximate surface area is 159 Å². The third-order valence-corrected chi connectivity index (χ3v) is 4.22. The van der Waals surface area contributed by atoms with Crippen molar-refractivity contribution in [1.29, 1.82) is 0 Å². The number of carbonyl (C=O) groups excluding carboxylic acids is 1. The molecule has 0 saturated carbocycles. The molecule has 0 fully saturated rings. The van der Waals surface area contributed by atoms with Gasteiger partial charge < -0.3 is 14.8 Å². The van der Waals surface area contributed by atoms with Crippen LogP contribution in [0.2, 0.25) is 0 Å². The molecule has 1 aromatic carbocycles. The second-order valence-corrected chi connectivity index (χ2v) is 6.30. The molecule has 2 aromatic rings. The monoisotopic (exact) mass is 389 g/mol. The van der Waals surface area contributed by atoms with Crippen LogP contribution in [0, 0.1) is 12.7 Å². The number of H-pyrrole nitrogens is 1. The van der Waals surface area contributed by atoms with Gasteiger partial charge in [-0.2, -0.15) is 0 Å². The Hall–Kier alpha value is -3.20. The van der Waals surface area contributed by atoms with E-state index in [0.29, 0.717) is 17.5 Å². The quantitative estimate of drug-likeness (QED) is 0.728. The van der Waals surface area contributed by atoms with Crippen molar-refractivity contribution in [1.82, 2.24) is 14.9 Å². The van der Waals surface area contributed by atoms with Crippen LogP contribution in [0.5, 0.6) is 0 Å². The lowest BCUT2D eigenvalue weighted by atomic mass is 10.1. The zero-order chi connectivity index (χ0) is 20.1. The Morgan fingerprint density at radius 2 is 2.11 bits per heavy atom. The molecule has 2 unspecified atom stereocenters. The summed E-state index contributed by atoms with van der Waals surface area (Å²) in [6.45, 7) is 1.77. The smallest absolute Gasteiger partial charge is 0.407 e. The largest absolute Gasteiger partial charge is 0.446 e. The van der Waals surface area contributed by atoms with E-state index in [0.717, 1.165) is 0 Å². The number of hydrogen-bond donors (Lipinski definition) is 2. The molecule has 0 spiro atoms. The second-order valence-electron chi connectivity index (χ2n) is 6.30. The number of nitrogens with one attached hydrogen (secondary N) is 2. The fourth-order valence-electron chi connectivity index (χ4n) is 2.73. The normalized spacial score (nSPS) is 18.2. The summed E-state index contributed by atoms with van der Waals surface area (Å²) in [7, 11) is 0. The second kappa shape index (κ2) is 8.66. The van der Waals surface area contributed by atoms with E-state index in [1.54, 1.807) is 37.3 Å². The Kier molecular flexibility index (Phi) is 6.05. The summed E-state index contributed by atoms with van der Waals surface area (Å²) >= 11 is 0. The van der Waals surface area contributed by atoms with Crippen LogP contribution < -0.4 is 16.6 Å². The van der Waals surface area contributed by atoms with Gasteiger partial charge in [-0.05, 0) is 31.1 Å². The average Bonchev–Trinajstić information content (AvgIpc) is 3.13. The molecule has 0 saturated heterocycles. The minimum absolute atomic E-state index is 0.0460. The summed E-state index contributed by atoms with van der Waals surface area (Å²) in [5.41, 5.74) is -0.146. The number of aromatic amines is 1. The highest BCUT2D eigenvalue weighted by Gasteiger charge is 2.23. The third kappa shape index (κ3) is 4.74. The molecule has 0 radical (unpaired) electrons. The van der Waals surface area contributed by atoms with Gasteiger partial charge in [0.1, 0.15) is 18.5 Å². The number of aryl methyl sites for hydroxylation is 1. The first-order valence-corrected chi connectivity index (χ1v) is 8.74. The summed E-state index contributed by atoms with van der Waals surface area (Å²) in [6, 6.07) is 6.35. The number of aromatic nitrogens is 2. The number of amides is 1. The molecular weight excluding hydrogens is 369 g/mol. The standard InChI is InChI=1S/C19H20FN3O5/c1-12-10-23(18(25)22-17(12)24)16-7-6-14(28-16)11-27-19(26)21-9-8-13-4-2-3-5-15(13)20/h2-7,10,14,16H,8-9,11H2,1H3,(H,21,26)(H,22,24,25). The van der Waals surface area contributed by atoms with E-state index in [2.05, 4.69) is 10.3 Å². The summed E-state index contributed by atoms with van der Waals surface area (Å²) in [6.07, 6.45) is 3.21. The molecule has 8 nitrogen and oxygen atoms in total. The first-order valence-electron chi connectivity index (χ1n) is 8.74. The molecule has 9 heteroatoms. The number of alkyl carbamates (subject to hydrolysis) is 1. The molecule has 3 rings (SSSR count). The van der Waals surface area contributed by atoms with E-state index in [-0.39, 0.29) is 19.0 Å². The maximum absolute atomic E-state index is 13.5. The van der Waals surface area contributed by atoms with E-state index in [4.69, 9.17) is 9.47 Å². The Balaban J connectivity index is 1.44. The van der Waals surface area contributed by atoms with Crippen LogP contribution >= 0.6 is 0 Å². The predicted molar refractivity (Wildman–Crippen MR) is 98.6 cm³/mol. The lowest BCUT2D eigenvalue weighted by Gasteiger charge is -2.16. The van der Waals surface area contributed by atoms with E-state index in [9.17, 15) is 18.8 Å². The summed E-state index contributed by atoms with van der Waals surface area (Å²) < 4.78 is 25.5. The fraction of sp³-hybridized carbons (Fsp3) is 0.316. The van der Waals surface area contributed by atoms with Gasteiger partial charge in [-0.25, -0.2) is 14.0 Å². The highest BCUT2D eigenvalue weighted by molar-refractivity contribution is 5.67. The average molecular weight is 389 g/mol. The van der Waals surface area contributed by atoms with Gasteiger partial charge in [-0.3, -0.25) is 14.3 Å². The number of ether oxygens (including phenoxy) is 2. The number of nitrogens with zero attached hydrogens (tertiary/aromatic N) is 1. The molecule has 1 aromatic heterocycles. The van der Waals surface area contributed by atoms with Crippen molar-refractivity contribution in [3.63, 3.8) is 0 Å². The van der Waals surface area contributed by atoms with E-state index >= 15 is 0 Å². The highest BCUT2D eigenvalue weighted by Crippen LogP contribution is 2.19. The van der Waals surface area contributed by atoms with Gasteiger partial charge in [0.15, 0.2) is 6.23 Å². The first kappa shape index (κ1) is 19.6. The molecule has 28 heavy (non-hydrogen) atoms. The maximum Gasteiger partial charge on any atom is 0.407 e. The number of carbonyl (C=O) groups is 1. The number of halogens is 1. The minimum Gasteiger partial charge on any atom is -0.446 e. The van der Waals surface area contributed by atoms with Gasteiger partial charge in [-0.15, -0.1) is 0 Å². The molecule has 1 amide bonds. The minimum atomic E-state index is -0.694. The first-order chi connectivity index (χ1) is 13.4. The van der Waals surface area contributed by atoms with E-state index in [1.165, 1.54) is 16.8 Å². The Bertz CT molecular complexity index is 998. The number of benzene rings is 1. The molecule has 0 aliphatic carbocycles. The molecular formula is C19H20FN3O5. The van der Waals surface area contributed by atoms with Crippen molar-refractivity contribution in [2.75, 3.05) is 13.2 Å². The van der Waals surface area contributed by atoms with Crippen molar-refractivity contribution in [3.05, 3.63) is 80.4 Å². The molecule has 2 atom stereocenters. The Morgan fingerprint density at radius 3 is 2.89 bits per heavy atom. The van der Waals surface area contributed by atoms with Gasteiger partial charge >= 0.3 is 11.8 Å². The van der Waals surface area contributed by atoms with Gasteiger partial charge in [0.2, 0.25) is 0 Å². The summed E-state index contributed by atoms with van der Waals surface area (Å²) in [5.74, 6) is -0.319. The van der Waals surface area contributed by atoms with Crippen molar-refractivity contribution < 1.29 is 18.7 Å². The van der Waals surface area contributed by atoms with Gasteiger partial charge in [0.05, 0.1) is 0 Å². The molecule has 1 aliphatic rings.